The monoisotopic (exact) mass is 301 g/mol. The number of rotatable bonds is 4. The van der Waals surface area contributed by atoms with Crippen LogP contribution in [0.5, 0.6) is 0 Å². The Labute approximate surface area is 123 Å². The van der Waals surface area contributed by atoms with Crippen molar-refractivity contribution in [3.63, 3.8) is 0 Å². The van der Waals surface area contributed by atoms with Crippen LogP contribution < -0.4 is 5.32 Å². The first kappa shape index (κ1) is 17.4. The molecule has 0 bridgehead atoms. The lowest BCUT2D eigenvalue weighted by atomic mass is 10.0. The van der Waals surface area contributed by atoms with Gasteiger partial charge in [-0.3, -0.25) is 0 Å². The molecule has 1 aromatic carbocycles. The molecule has 0 saturated carbocycles. The number of ether oxygens (including phenoxy) is 1. The number of carbonyl (C=O) groups is 1. The molecule has 2 N–H and O–H groups in total. The number of halogens is 2. The molecule has 1 aromatic rings. The Balaban J connectivity index is 2.76. The summed E-state index contributed by atoms with van der Waals surface area (Å²) in [7, 11) is 0. The van der Waals surface area contributed by atoms with Crippen molar-refractivity contribution in [2.24, 2.45) is 0 Å². The van der Waals surface area contributed by atoms with Crippen LogP contribution in [0.1, 0.15) is 33.3 Å². The average Bonchev–Trinajstić information content (AvgIpc) is 2.23. The van der Waals surface area contributed by atoms with Gasteiger partial charge >= 0.3 is 6.09 Å². The largest absolute Gasteiger partial charge is 0.443 e. The van der Waals surface area contributed by atoms with E-state index in [0.29, 0.717) is 5.56 Å². The zero-order chi connectivity index (χ0) is 16.2. The average molecular weight is 301 g/mol. The fraction of sp³-hybridized carbons (Fsp3) is 0.533. The van der Waals surface area contributed by atoms with Gasteiger partial charge in [0.25, 0.3) is 0 Å². The minimum Gasteiger partial charge on any atom is -0.443 e. The van der Waals surface area contributed by atoms with Crippen molar-refractivity contribution in [1.29, 1.82) is 0 Å². The van der Waals surface area contributed by atoms with Crippen LogP contribution in [0.25, 0.3) is 0 Å². The second-order valence-electron chi connectivity index (χ2n) is 6.04. The van der Waals surface area contributed by atoms with Gasteiger partial charge in [-0.2, -0.15) is 0 Å². The molecule has 1 rings (SSSR count). The zero-order valence-electron chi connectivity index (χ0n) is 12.6. The minimum absolute atomic E-state index is 0.0178. The Bertz CT molecular complexity index is 478. The number of nitrogens with one attached hydrogen (secondary N) is 1. The number of carbonyl (C=O) groups excluding carboxylic acids is 1. The number of amides is 1. The van der Waals surface area contributed by atoms with Crippen molar-refractivity contribution in [3.8, 4) is 0 Å². The third-order valence-corrected chi connectivity index (χ3v) is 2.63. The second kappa shape index (κ2) is 6.85. The normalized spacial score (nSPS) is 14.4. The first-order valence-electron chi connectivity index (χ1n) is 6.68. The lowest BCUT2D eigenvalue weighted by Gasteiger charge is -2.25. The standard InChI is InChI=1S/C15H21F2NO3/c1-9(19)13(21-14(20)18-15(2,3)4)7-10-5-11(16)8-12(17)6-10/h5-6,8-9,13,19H,7H2,1-4H3,(H,18,20). The third kappa shape index (κ3) is 6.53. The molecular weight excluding hydrogens is 280 g/mol. The van der Waals surface area contributed by atoms with Crippen LogP contribution in [-0.2, 0) is 11.2 Å². The molecule has 0 radical (unpaired) electrons. The molecule has 4 nitrogen and oxygen atoms in total. The van der Waals surface area contributed by atoms with E-state index < -0.39 is 35.5 Å². The van der Waals surface area contributed by atoms with Gasteiger partial charge in [0.05, 0.1) is 6.10 Å². The minimum atomic E-state index is -0.970. The highest BCUT2D eigenvalue weighted by Gasteiger charge is 2.23. The summed E-state index contributed by atoms with van der Waals surface area (Å²) >= 11 is 0. The molecule has 0 fully saturated rings. The molecule has 118 valence electrons. The van der Waals surface area contributed by atoms with E-state index >= 15 is 0 Å². The predicted octanol–water partition coefficient (Wildman–Crippen LogP) is 2.78. The highest BCUT2D eigenvalue weighted by Crippen LogP contribution is 2.14. The molecule has 0 aromatic heterocycles. The Kier molecular flexibility index (Phi) is 5.66. The van der Waals surface area contributed by atoms with Crippen molar-refractivity contribution in [3.05, 3.63) is 35.4 Å². The molecule has 0 aliphatic rings. The Morgan fingerprint density at radius 2 is 1.81 bits per heavy atom. The summed E-state index contributed by atoms with van der Waals surface area (Å²) in [6, 6.07) is 3.04. The number of benzene rings is 1. The summed E-state index contributed by atoms with van der Waals surface area (Å²) in [4.78, 5) is 11.7. The summed E-state index contributed by atoms with van der Waals surface area (Å²) in [5.74, 6) is -1.43. The van der Waals surface area contributed by atoms with Gasteiger partial charge in [-0.15, -0.1) is 0 Å². The van der Waals surface area contributed by atoms with Gasteiger partial charge in [-0.1, -0.05) is 0 Å². The van der Waals surface area contributed by atoms with Crippen LogP contribution in [0.3, 0.4) is 0 Å². The molecule has 2 unspecified atom stereocenters. The van der Waals surface area contributed by atoms with Gasteiger partial charge < -0.3 is 15.2 Å². The van der Waals surface area contributed by atoms with Gasteiger partial charge in [0.2, 0.25) is 0 Å². The molecule has 6 heteroatoms. The fourth-order valence-electron chi connectivity index (χ4n) is 1.74. The molecule has 21 heavy (non-hydrogen) atoms. The van der Waals surface area contributed by atoms with Crippen molar-refractivity contribution in [1.82, 2.24) is 5.32 Å². The van der Waals surface area contributed by atoms with Gasteiger partial charge in [-0.25, -0.2) is 13.6 Å². The van der Waals surface area contributed by atoms with Crippen LogP contribution in [0, 0.1) is 11.6 Å². The SMILES string of the molecule is CC(O)C(Cc1cc(F)cc(F)c1)OC(=O)NC(C)(C)C. The number of hydrogen-bond acceptors (Lipinski definition) is 3. The Morgan fingerprint density at radius 1 is 1.29 bits per heavy atom. The predicted molar refractivity (Wildman–Crippen MR) is 74.9 cm³/mol. The first-order chi connectivity index (χ1) is 9.56. The quantitative estimate of drug-likeness (QED) is 0.899. The van der Waals surface area contributed by atoms with Gasteiger partial charge in [0.1, 0.15) is 17.7 Å². The molecule has 0 aliphatic carbocycles. The molecule has 0 saturated heterocycles. The van der Waals surface area contributed by atoms with E-state index in [1.807, 2.05) is 0 Å². The molecule has 0 spiro atoms. The lowest BCUT2D eigenvalue weighted by molar-refractivity contribution is 0.00984. The van der Waals surface area contributed by atoms with Gasteiger partial charge in [0, 0.05) is 18.0 Å². The van der Waals surface area contributed by atoms with Crippen molar-refractivity contribution in [2.75, 3.05) is 0 Å². The van der Waals surface area contributed by atoms with Crippen LogP contribution in [-0.4, -0.2) is 28.9 Å². The fourth-order valence-corrected chi connectivity index (χ4v) is 1.74. The Morgan fingerprint density at radius 3 is 2.24 bits per heavy atom. The van der Waals surface area contributed by atoms with Crippen molar-refractivity contribution in [2.45, 2.75) is 51.9 Å². The second-order valence-corrected chi connectivity index (χ2v) is 6.04. The maximum atomic E-state index is 13.1. The highest BCUT2D eigenvalue weighted by molar-refractivity contribution is 5.68. The molecule has 0 heterocycles. The van der Waals surface area contributed by atoms with Crippen molar-refractivity contribution < 1.29 is 23.4 Å². The molecule has 2 atom stereocenters. The zero-order valence-corrected chi connectivity index (χ0v) is 12.6. The van der Waals surface area contributed by atoms with E-state index in [1.54, 1.807) is 20.8 Å². The van der Waals surface area contributed by atoms with E-state index in [1.165, 1.54) is 6.92 Å². The van der Waals surface area contributed by atoms with Crippen LogP contribution in [0.4, 0.5) is 13.6 Å². The maximum Gasteiger partial charge on any atom is 0.407 e. The van der Waals surface area contributed by atoms with Crippen LogP contribution >= 0.6 is 0 Å². The number of alkyl carbamates (subject to hydrolysis) is 1. The molecule has 1 amide bonds. The summed E-state index contributed by atoms with van der Waals surface area (Å²) in [5, 5.41) is 12.3. The number of aliphatic hydroxyl groups excluding tert-OH is 1. The van der Waals surface area contributed by atoms with Gasteiger partial charge in [0.15, 0.2) is 0 Å². The topological polar surface area (TPSA) is 58.6 Å². The molecular formula is C15H21F2NO3. The maximum absolute atomic E-state index is 13.1. The van der Waals surface area contributed by atoms with E-state index in [2.05, 4.69) is 5.32 Å². The summed E-state index contributed by atoms with van der Waals surface area (Å²) in [6.45, 7) is 6.81. The number of aliphatic hydroxyl groups is 1. The summed E-state index contributed by atoms with van der Waals surface area (Å²) < 4.78 is 31.4. The van der Waals surface area contributed by atoms with E-state index in [-0.39, 0.29) is 6.42 Å². The highest BCUT2D eigenvalue weighted by atomic mass is 19.1. The number of hydrogen-bond donors (Lipinski definition) is 2. The third-order valence-electron chi connectivity index (χ3n) is 2.63. The smallest absolute Gasteiger partial charge is 0.407 e. The van der Waals surface area contributed by atoms with Gasteiger partial charge in [-0.05, 0) is 45.4 Å². The first-order valence-corrected chi connectivity index (χ1v) is 6.68. The van der Waals surface area contributed by atoms with E-state index in [9.17, 15) is 18.7 Å². The molecule has 0 aliphatic heterocycles. The van der Waals surface area contributed by atoms with E-state index in [4.69, 9.17) is 4.74 Å². The summed E-state index contributed by atoms with van der Waals surface area (Å²) in [5.41, 5.74) is -0.173. The summed E-state index contributed by atoms with van der Waals surface area (Å²) in [6.07, 6.45) is -2.54. The van der Waals surface area contributed by atoms with Crippen LogP contribution in [0.2, 0.25) is 0 Å². The Hall–Kier alpha value is -1.69. The lowest BCUT2D eigenvalue weighted by Crippen LogP contribution is -2.44. The van der Waals surface area contributed by atoms with E-state index in [0.717, 1.165) is 18.2 Å². The van der Waals surface area contributed by atoms with Crippen molar-refractivity contribution >= 4 is 6.09 Å². The van der Waals surface area contributed by atoms with Crippen LogP contribution in [0.15, 0.2) is 18.2 Å².